The number of hydrogen-bond acceptors (Lipinski definition) is 4. The Morgan fingerprint density at radius 2 is 1.95 bits per heavy atom. The van der Waals surface area contributed by atoms with E-state index < -0.39 is 0 Å². The standard InChI is InChI=1S/C17H16N2O3/c20-12-13-8-9-16(19(21)22)17(11-13)18-10-4-7-15(18)14-5-2-1-3-6-14/h1-3,5-6,8-9,11-12,15H,4,7,10H2. The summed E-state index contributed by atoms with van der Waals surface area (Å²) in [7, 11) is 0. The minimum absolute atomic E-state index is 0.0495. The fourth-order valence-electron chi connectivity index (χ4n) is 3.07. The van der Waals surface area contributed by atoms with Crippen LogP contribution in [0, 0.1) is 10.1 Å². The van der Waals surface area contributed by atoms with Gasteiger partial charge in [0.25, 0.3) is 5.69 Å². The van der Waals surface area contributed by atoms with E-state index in [2.05, 4.69) is 0 Å². The van der Waals surface area contributed by atoms with Crippen LogP contribution in [0.4, 0.5) is 11.4 Å². The molecule has 0 aromatic heterocycles. The van der Waals surface area contributed by atoms with E-state index in [9.17, 15) is 14.9 Å². The van der Waals surface area contributed by atoms with Crippen LogP contribution in [-0.4, -0.2) is 17.8 Å². The quantitative estimate of drug-likeness (QED) is 0.489. The van der Waals surface area contributed by atoms with Crippen molar-refractivity contribution in [3.8, 4) is 0 Å². The molecule has 2 aromatic carbocycles. The molecule has 0 aliphatic carbocycles. The Bertz CT molecular complexity index is 700. The lowest BCUT2D eigenvalue weighted by Crippen LogP contribution is -2.23. The van der Waals surface area contributed by atoms with Gasteiger partial charge in [-0.2, -0.15) is 0 Å². The Balaban J connectivity index is 2.05. The third-order valence-electron chi connectivity index (χ3n) is 4.08. The van der Waals surface area contributed by atoms with Crippen LogP contribution in [0.5, 0.6) is 0 Å². The number of rotatable bonds is 4. The molecule has 1 heterocycles. The number of hydrogen-bond donors (Lipinski definition) is 0. The van der Waals surface area contributed by atoms with Gasteiger partial charge in [0.15, 0.2) is 0 Å². The SMILES string of the molecule is O=Cc1ccc([N+](=O)[O-])c(N2CCCC2c2ccccc2)c1. The van der Waals surface area contributed by atoms with Gasteiger partial charge in [0.2, 0.25) is 0 Å². The Morgan fingerprint density at radius 1 is 1.18 bits per heavy atom. The molecule has 0 bridgehead atoms. The molecule has 1 aliphatic rings. The molecule has 0 radical (unpaired) electrons. The van der Waals surface area contributed by atoms with Gasteiger partial charge < -0.3 is 4.90 Å². The van der Waals surface area contributed by atoms with Crippen LogP contribution in [0.2, 0.25) is 0 Å². The smallest absolute Gasteiger partial charge is 0.292 e. The molecule has 0 N–H and O–H groups in total. The third kappa shape index (κ3) is 2.57. The van der Waals surface area contributed by atoms with Crippen molar-refractivity contribution in [2.45, 2.75) is 18.9 Å². The molecule has 1 aliphatic heterocycles. The molecule has 3 rings (SSSR count). The average molecular weight is 296 g/mol. The van der Waals surface area contributed by atoms with E-state index in [0.29, 0.717) is 11.3 Å². The van der Waals surface area contributed by atoms with Gasteiger partial charge in [-0.1, -0.05) is 30.3 Å². The summed E-state index contributed by atoms with van der Waals surface area (Å²) in [6.07, 6.45) is 2.65. The summed E-state index contributed by atoms with van der Waals surface area (Å²) in [6, 6.07) is 14.6. The van der Waals surface area contributed by atoms with Crippen LogP contribution in [0.3, 0.4) is 0 Å². The predicted octanol–water partition coefficient (Wildman–Crippen LogP) is 3.75. The molecular weight excluding hydrogens is 280 g/mol. The van der Waals surface area contributed by atoms with Gasteiger partial charge in [-0.15, -0.1) is 0 Å². The van der Waals surface area contributed by atoms with Gasteiger partial charge in [0, 0.05) is 18.2 Å². The molecule has 5 heteroatoms. The highest BCUT2D eigenvalue weighted by molar-refractivity contribution is 5.80. The van der Waals surface area contributed by atoms with Crippen molar-refractivity contribution in [1.82, 2.24) is 0 Å². The number of nitro benzene ring substituents is 1. The van der Waals surface area contributed by atoms with Crippen LogP contribution in [0.15, 0.2) is 48.5 Å². The second-order valence-corrected chi connectivity index (χ2v) is 5.39. The van der Waals surface area contributed by atoms with Crippen LogP contribution in [0.25, 0.3) is 0 Å². The predicted molar refractivity (Wildman–Crippen MR) is 84.2 cm³/mol. The second-order valence-electron chi connectivity index (χ2n) is 5.39. The van der Waals surface area contributed by atoms with Crippen molar-refractivity contribution in [1.29, 1.82) is 0 Å². The van der Waals surface area contributed by atoms with Crippen molar-refractivity contribution in [3.63, 3.8) is 0 Å². The first-order valence-electron chi connectivity index (χ1n) is 7.26. The lowest BCUT2D eigenvalue weighted by Gasteiger charge is -2.27. The van der Waals surface area contributed by atoms with E-state index >= 15 is 0 Å². The van der Waals surface area contributed by atoms with Crippen LogP contribution >= 0.6 is 0 Å². The molecule has 1 fully saturated rings. The van der Waals surface area contributed by atoms with E-state index in [-0.39, 0.29) is 16.7 Å². The lowest BCUT2D eigenvalue weighted by atomic mass is 10.0. The zero-order chi connectivity index (χ0) is 15.5. The first-order chi connectivity index (χ1) is 10.7. The van der Waals surface area contributed by atoms with Crippen molar-refractivity contribution in [2.24, 2.45) is 0 Å². The number of nitrogens with zero attached hydrogens (tertiary/aromatic N) is 2. The van der Waals surface area contributed by atoms with Gasteiger partial charge in [-0.3, -0.25) is 14.9 Å². The van der Waals surface area contributed by atoms with Crippen molar-refractivity contribution in [2.75, 3.05) is 11.4 Å². The number of carbonyl (C=O) groups is 1. The number of carbonyl (C=O) groups excluding carboxylic acids is 1. The molecule has 22 heavy (non-hydrogen) atoms. The minimum atomic E-state index is -0.385. The number of anilines is 1. The van der Waals surface area contributed by atoms with Gasteiger partial charge in [0.05, 0.1) is 11.0 Å². The van der Waals surface area contributed by atoms with E-state index in [4.69, 9.17) is 0 Å². The second kappa shape index (κ2) is 5.97. The van der Waals surface area contributed by atoms with E-state index in [1.54, 1.807) is 6.07 Å². The highest BCUT2D eigenvalue weighted by atomic mass is 16.6. The normalized spacial score (nSPS) is 17.5. The van der Waals surface area contributed by atoms with Gasteiger partial charge in [0.1, 0.15) is 12.0 Å². The Morgan fingerprint density at radius 3 is 2.64 bits per heavy atom. The molecule has 5 nitrogen and oxygen atoms in total. The van der Waals surface area contributed by atoms with Gasteiger partial charge >= 0.3 is 0 Å². The third-order valence-corrected chi connectivity index (χ3v) is 4.08. The van der Waals surface area contributed by atoms with E-state index in [1.165, 1.54) is 12.1 Å². The first kappa shape index (κ1) is 14.3. The Hall–Kier alpha value is -2.69. The van der Waals surface area contributed by atoms with Gasteiger partial charge in [-0.25, -0.2) is 0 Å². The summed E-state index contributed by atoms with van der Waals surface area (Å²) in [5, 5.41) is 11.3. The number of aldehydes is 1. The molecule has 1 saturated heterocycles. The molecule has 0 spiro atoms. The molecule has 0 saturated carbocycles. The summed E-state index contributed by atoms with van der Waals surface area (Å²) in [6.45, 7) is 0.753. The fourth-order valence-corrected chi connectivity index (χ4v) is 3.07. The fraction of sp³-hybridized carbons (Fsp3) is 0.235. The van der Waals surface area contributed by atoms with Crippen LogP contribution < -0.4 is 4.90 Å². The van der Waals surface area contributed by atoms with Crippen molar-refractivity contribution >= 4 is 17.7 Å². The maximum absolute atomic E-state index is 11.3. The summed E-state index contributed by atoms with van der Waals surface area (Å²) < 4.78 is 0. The van der Waals surface area contributed by atoms with E-state index in [1.807, 2.05) is 35.2 Å². The molecule has 1 atom stereocenters. The molecule has 112 valence electrons. The number of benzene rings is 2. The molecule has 2 aromatic rings. The maximum Gasteiger partial charge on any atom is 0.292 e. The summed E-state index contributed by atoms with van der Waals surface area (Å²) in [5.74, 6) is 0. The summed E-state index contributed by atoms with van der Waals surface area (Å²) >= 11 is 0. The highest BCUT2D eigenvalue weighted by Gasteiger charge is 2.30. The van der Waals surface area contributed by atoms with Crippen molar-refractivity contribution < 1.29 is 9.72 Å². The van der Waals surface area contributed by atoms with Crippen LogP contribution in [0.1, 0.15) is 34.8 Å². The van der Waals surface area contributed by atoms with Crippen LogP contribution in [-0.2, 0) is 0 Å². The largest absolute Gasteiger partial charge is 0.359 e. The Labute approximate surface area is 128 Å². The number of nitro groups is 1. The average Bonchev–Trinajstić information content (AvgIpc) is 3.04. The van der Waals surface area contributed by atoms with E-state index in [0.717, 1.165) is 31.2 Å². The Kier molecular flexibility index (Phi) is 3.87. The minimum Gasteiger partial charge on any atom is -0.359 e. The topological polar surface area (TPSA) is 63.4 Å². The summed E-state index contributed by atoms with van der Waals surface area (Å²) in [5.41, 5.74) is 2.18. The first-order valence-corrected chi connectivity index (χ1v) is 7.26. The lowest BCUT2D eigenvalue weighted by molar-refractivity contribution is -0.384. The zero-order valence-corrected chi connectivity index (χ0v) is 12.0. The zero-order valence-electron chi connectivity index (χ0n) is 12.0. The summed E-state index contributed by atoms with van der Waals surface area (Å²) in [4.78, 5) is 24.0. The maximum atomic E-state index is 11.3. The molecule has 1 unspecified atom stereocenters. The molecular formula is C17H16N2O3. The van der Waals surface area contributed by atoms with Crippen molar-refractivity contribution in [3.05, 3.63) is 69.8 Å². The molecule has 0 amide bonds. The van der Waals surface area contributed by atoms with Gasteiger partial charge in [-0.05, 0) is 30.5 Å². The monoisotopic (exact) mass is 296 g/mol. The highest BCUT2D eigenvalue weighted by Crippen LogP contribution is 2.40.